The monoisotopic (exact) mass is 393 g/mol. The molecule has 2 unspecified atom stereocenters. The molecule has 3 rings (SSSR count). The van der Waals surface area contributed by atoms with E-state index in [1.165, 1.54) is 0 Å². The lowest BCUT2D eigenvalue weighted by atomic mass is 10.0. The van der Waals surface area contributed by atoms with Gasteiger partial charge in [0.05, 0.1) is 24.7 Å². The number of ether oxygens (including phenoxy) is 1. The number of aromatic nitrogens is 2. The number of hydrogen-bond donors (Lipinski definition) is 1. The topological polar surface area (TPSA) is 79.7 Å². The van der Waals surface area contributed by atoms with Gasteiger partial charge in [0.2, 0.25) is 5.91 Å². The summed E-state index contributed by atoms with van der Waals surface area (Å²) in [6, 6.07) is 0.937. The number of likely N-dealkylation sites (N-methyl/N-ethyl adjacent to an activating group) is 1. The van der Waals surface area contributed by atoms with Crippen LogP contribution in [0.1, 0.15) is 29.4 Å². The van der Waals surface area contributed by atoms with Gasteiger partial charge in [-0.25, -0.2) is 28.6 Å². The van der Waals surface area contributed by atoms with Crippen molar-refractivity contribution in [2.24, 2.45) is 0 Å². The number of amides is 1. The summed E-state index contributed by atoms with van der Waals surface area (Å²) >= 11 is 0. The quantitative estimate of drug-likeness (QED) is 0.801. The number of nitrogens with zero attached hydrogens (tertiary/aromatic N) is 4. The molecule has 0 spiro atoms. The van der Waals surface area contributed by atoms with E-state index in [0.717, 1.165) is 13.2 Å². The maximum atomic E-state index is 13.7. The van der Waals surface area contributed by atoms with Gasteiger partial charge >= 0.3 is 5.97 Å². The van der Waals surface area contributed by atoms with Crippen LogP contribution >= 0.6 is 0 Å². The summed E-state index contributed by atoms with van der Waals surface area (Å²) in [4.78, 5) is 28.7. The lowest BCUT2D eigenvalue weighted by molar-refractivity contribution is -0.144. The first-order valence-corrected chi connectivity index (χ1v) is 8.64. The Morgan fingerprint density at radius 3 is 2.54 bits per heavy atom. The molecule has 1 fully saturated rings. The number of carbonyl (C=O) groups is 2. The van der Waals surface area contributed by atoms with Crippen LogP contribution in [-0.2, 0) is 9.53 Å². The number of carbonyl (C=O) groups excluding carboxylic acids is 2. The largest absolute Gasteiger partial charge is 0.465 e. The molecule has 1 aliphatic rings. The molecule has 28 heavy (non-hydrogen) atoms. The zero-order valence-electron chi connectivity index (χ0n) is 15.7. The van der Waals surface area contributed by atoms with Gasteiger partial charge in [0.1, 0.15) is 12.2 Å². The summed E-state index contributed by atoms with van der Waals surface area (Å²) in [6.45, 7) is 0. The van der Waals surface area contributed by atoms with E-state index in [9.17, 15) is 18.4 Å². The Kier molecular flexibility index (Phi) is 5.71. The van der Waals surface area contributed by atoms with E-state index in [0.29, 0.717) is 18.9 Å². The molecule has 2 aromatic rings. The molecule has 8 nitrogen and oxygen atoms in total. The molecule has 1 N–H and O–H groups in total. The van der Waals surface area contributed by atoms with Crippen molar-refractivity contribution in [3.05, 3.63) is 48.1 Å². The number of imidazole rings is 1. The highest BCUT2D eigenvalue weighted by Gasteiger charge is 2.35. The first-order chi connectivity index (χ1) is 13.3. The van der Waals surface area contributed by atoms with E-state index >= 15 is 0 Å². The second kappa shape index (κ2) is 8.03. The molecule has 0 radical (unpaired) electrons. The molecule has 1 aliphatic heterocycles. The maximum absolute atomic E-state index is 13.7. The van der Waals surface area contributed by atoms with Crippen LogP contribution in [0, 0.1) is 11.6 Å². The van der Waals surface area contributed by atoms with Gasteiger partial charge in [-0.05, 0) is 18.9 Å². The normalized spacial score (nSPS) is 20.8. The molecule has 150 valence electrons. The van der Waals surface area contributed by atoms with E-state index < -0.39 is 29.6 Å². The predicted octanol–water partition coefficient (Wildman–Crippen LogP) is 2.03. The minimum Gasteiger partial charge on any atom is -0.465 e. The molecular formula is C18H21F2N5O3. The van der Waals surface area contributed by atoms with Crippen LogP contribution in [0.2, 0.25) is 0 Å². The molecule has 1 saturated heterocycles. The summed E-state index contributed by atoms with van der Waals surface area (Å²) < 4.78 is 33.7. The van der Waals surface area contributed by atoms with Crippen molar-refractivity contribution in [1.29, 1.82) is 0 Å². The fourth-order valence-electron chi connectivity index (χ4n) is 3.34. The fourth-order valence-corrected chi connectivity index (χ4v) is 3.34. The highest BCUT2D eigenvalue weighted by Crippen LogP contribution is 2.29. The first-order valence-electron chi connectivity index (χ1n) is 8.64. The van der Waals surface area contributed by atoms with Crippen molar-refractivity contribution < 1.29 is 23.1 Å². The van der Waals surface area contributed by atoms with Crippen LogP contribution in [0.3, 0.4) is 0 Å². The molecule has 1 amide bonds. The second-order valence-electron chi connectivity index (χ2n) is 6.52. The zero-order valence-corrected chi connectivity index (χ0v) is 15.7. The van der Waals surface area contributed by atoms with E-state index in [-0.39, 0.29) is 17.4 Å². The highest BCUT2D eigenvalue weighted by molar-refractivity contribution is 6.02. The van der Waals surface area contributed by atoms with Crippen molar-refractivity contribution in [1.82, 2.24) is 19.6 Å². The Morgan fingerprint density at radius 1 is 1.18 bits per heavy atom. The van der Waals surface area contributed by atoms with Crippen molar-refractivity contribution >= 4 is 17.6 Å². The van der Waals surface area contributed by atoms with E-state index in [4.69, 9.17) is 0 Å². The van der Waals surface area contributed by atoms with Gasteiger partial charge in [0, 0.05) is 32.6 Å². The van der Waals surface area contributed by atoms with Gasteiger partial charge in [-0.1, -0.05) is 0 Å². The lowest BCUT2D eigenvalue weighted by Gasteiger charge is -2.44. The zero-order chi connectivity index (χ0) is 20.4. The van der Waals surface area contributed by atoms with Gasteiger partial charge in [-0.2, -0.15) is 0 Å². The van der Waals surface area contributed by atoms with Gasteiger partial charge in [0.25, 0.3) is 0 Å². The lowest BCUT2D eigenvalue weighted by Crippen LogP contribution is -2.55. The van der Waals surface area contributed by atoms with E-state index in [1.54, 1.807) is 24.6 Å². The van der Waals surface area contributed by atoms with Crippen LogP contribution in [0.5, 0.6) is 0 Å². The molecule has 2 atom stereocenters. The predicted molar refractivity (Wildman–Crippen MR) is 96.1 cm³/mol. The second-order valence-corrected chi connectivity index (χ2v) is 6.52. The third-order valence-corrected chi connectivity index (χ3v) is 4.97. The number of benzene rings is 1. The first kappa shape index (κ1) is 19.9. The van der Waals surface area contributed by atoms with Gasteiger partial charge in [-0.3, -0.25) is 4.79 Å². The number of esters is 1. The summed E-state index contributed by atoms with van der Waals surface area (Å²) in [5.74, 6) is -3.67. The van der Waals surface area contributed by atoms with E-state index in [2.05, 4.69) is 15.0 Å². The Bertz CT molecular complexity index is 874. The number of hydrazine groups is 1. The molecular weight excluding hydrogens is 372 g/mol. The smallest absolute Gasteiger partial charge is 0.340 e. The standard InChI is InChI=1S/C18H21F2N5O3/c1-23-15(4-5-16(24(23)2)25-7-6-21-10-25)17(26)22-14-9-13(20)12(19)8-11(14)18(27)28-3/h6-10,15-16H,4-5H2,1-3H3,(H,22,26). The molecule has 1 aromatic heterocycles. The van der Waals surface area contributed by atoms with Crippen LogP contribution in [0.15, 0.2) is 30.9 Å². The van der Waals surface area contributed by atoms with Crippen molar-refractivity contribution in [2.75, 3.05) is 26.5 Å². The van der Waals surface area contributed by atoms with Gasteiger partial charge in [-0.15, -0.1) is 0 Å². The van der Waals surface area contributed by atoms with Crippen LogP contribution < -0.4 is 5.32 Å². The van der Waals surface area contributed by atoms with Crippen LogP contribution in [0.4, 0.5) is 14.5 Å². The summed E-state index contributed by atoms with van der Waals surface area (Å²) in [5, 5.41) is 6.20. The molecule has 0 saturated carbocycles. The van der Waals surface area contributed by atoms with Crippen molar-refractivity contribution in [2.45, 2.75) is 25.0 Å². The Morgan fingerprint density at radius 2 is 1.89 bits per heavy atom. The average molecular weight is 393 g/mol. The third-order valence-electron chi connectivity index (χ3n) is 4.97. The van der Waals surface area contributed by atoms with Crippen LogP contribution in [-0.4, -0.2) is 58.7 Å². The number of nitrogens with one attached hydrogen (secondary N) is 1. The fraction of sp³-hybridized carbons (Fsp3) is 0.389. The average Bonchev–Trinajstić information content (AvgIpc) is 3.20. The highest BCUT2D eigenvalue weighted by atomic mass is 19.2. The molecule has 10 heteroatoms. The number of anilines is 1. The Labute approximate surface area is 160 Å². The minimum absolute atomic E-state index is 0.00504. The number of hydrogen-bond acceptors (Lipinski definition) is 6. The van der Waals surface area contributed by atoms with Crippen molar-refractivity contribution in [3.8, 4) is 0 Å². The Balaban J connectivity index is 1.79. The molecule has 2 heterocycles. The third kappa shape index (κ3) is 3.73. The van der Waals surface area contributed by atoms with Gasteiger partial charge in [0.15, 0.2) is 11.6 Å². The molecule has 1 aromatic carbocycles. The number of halogens is 2. The van der Waals surface area contributed by atoms with E-state index in [1.807, 2.05) is 22.8 Å². The molecule has 0 aliphatic carbocycles. The maximum Gasteiger partial charge on any atom is 0.340 e. The van der Waals surface area contributed by atoms with Crippen LogP contribution in [0.25, 0.3) is 0 Å². The summed E-state index contributed by atoms with van der Waals surface area (Å²) in [7, 11) is 4.73. The number of methoxy groups -OCH3 is 1. The molecule has 0 bridgehead atoms. The summed E-state index contributed by atoms with van der Waals surface area (Å²) in [6.07, 6.45) is 6.44. The van der Waals surface area contributed by atoms with Gasteiger partial charge < -0.3 is 14.6 Å². The SMILES string of the molecule is COC(=O)c1cc(F)c(F)cc1NC(=O)C1CCC(n2ccnc2)N(C)N1C. The number of rotatable bonds is 4. The van der Waals surface area contributed by atoms with Crippen molar-refractivity contribution in [3.63, 3.8) is 0 Å². The minimum atomic E-state index is -1.20. The Hall–Kier alpha value is -2.85. The summed E-state index contributed by atoms with van der Waals surface area (Å²) in [5.41, 5.74) is -0.388.